The largest absolute Gasteiger partial charge is 0.395 e. The van der Waals surface area contributed by atoms with Crippen LogP contribution in [0.5, 0.6) is 0 Å². The summed E-state index contributed by atoms with van der Waals surface area (Å²) in [6.45, 7) is 5.18. The van der Waals surface area contributed by atoms with Crippen molar-refractivity contribution in [3.8, 4) is 0 Å². The Labute approximate surface area is 195 Å². The van der Waals surface area contributed by atoms with Crippen LogP contribution in [0.2, 0.25) is 0 Å². The smallest absolute Gasteiger partial charge is 0.247 e. The van der Waals surface area contributed by atoms with Crippen molar-refractivity contribution < 1.29 is 9.90 Å². The number of nitrogens with one attached hydrogen (secondary N) is 1. The van der Waals surface area contributed by atoms with Crippen LogP contribution in [-0.2, 0) is 4.79 Å². The first kappa shape index (κ1) is 21.9. The highest BCUT2D eigenvalue weighted by molar-refractivity contribution is 6.02. The van der Waals surface area contributed by atoms with Gasteiger partial charge in [-0.15, -0.1) is 0 Å². The second kappa shape index (κ2) is 9.52. The van der Waals surface area contributed by atoms with Gasteiger partial charge < -0.3 is 20.2 Å². The van der Waals surface area contributed by atoms with E-state index in [1.165, 1.54) is 18.5 Å². The van der Waals surface area contributed by atoms with Gasteiger partial charge in [0, 0.05) is 57.2 Å². The summed E-state index contributed by atoms with van der Waals surface area (Å²) in [6, 6.07) is 8.56. The highest BCUT2D eigenvalue weighted by Gasteiger charge is 2.35. The average Bonchev–Trinajstić information content (AvgIpc) is 3.35. The molecule has 0 spiro atoms. The minimum absolute atomic E-state index is 0.116. The highest BCUT2D eigenvalue weighted by Crippen LogP contribution is 2.36. The van der Waals surface area contributed by atoms with Crippen molar-refractivity contribution in [2.45, 2.75) is 31.7 Å². The third kappa shape index (κ3) is 4.60. The summed E-state index contributed by atoms with van der Waals surface area (Å²) >= 11 is 0. The summed E-state index contributed by atoms with van der Waals surface area (Å²) in [6.07, 6.45) is 6.23. The molecule has 176 valence electrons. The Balaban J connectivity index is 1.29. The molecule has 2 aliphatic heterocycles. The van der Waals surface area contributed by atoms with Crippen molar-refractivity contribution in [1.29, 1.82) is 0 Å². The standard InChI is InChI=1S/C24H33N7O2/c1-28-17-22(33)31(20-4-2-3-5-20)23-21(28)16-25-24(27-23)26-18-6-8-19(9-7-18)30-12-10-29(11-13-30)14-15-32/h6-9,16,20,32H,2-5,10-15,17H2,1H3,(H,25,26,27). The van der Waals surface area contributed by atoms with E-state index in [1.54, 1.807) is 0 Å². The number of aliphatic hydroxyl groups is 1. The molecule has 2 N–H and O–H groups in total. The van der Waals surface area contributed by atoms with Crippen LogP contribution in [0.4, 0.5) is 28.8 Å². The SMILES string of the molecule is CN1CC(=O)N(C2CCCC2)c2nc(Nc3ccc(N4CCN(CCO)CC4)cc3)ncc21. The molecular formula is C24H33N7O2. The molecule has 0 bridgehead atoms. The summed E-state index contributed by atoms with van der Waals surface area (Å²) in [4.78, 5) is 30.7. The third-order valence-corrected chi connectivity index (χ3v) is 7.00. The Hall–Kier alpha value is -2.91. The van der Waals surface area contributed by atoms with Gasteiger partial charge in [0.25, 0.3) is 0 Å². The lowest BCUT2D eigenvalue weighted by molar-refractivity contribution is -0.118. The predicted molar refractivity (Wildman–Crippen MR) is 131 cm³/mol. The van der Waals surface area contributed by atoms with Crippen LogP contribution < -0.4 is 20.0 Å². The fourth-order valence-electron chi connectivity index (χ4n) is 5.15. The minimum Gasteiger partial charge on any atom is -0.395 e. The van der Waals surface area contributed by atoms with Crippen LogP contribution in [0, 0.1) is 0 Å². The van der Waals surface area contributed by atoms with E-state index in [9.17, 15) is 4.79 Å². The van der Waals surface area contributed by atoms with E-state index in [2.05, 4.69) is 32.2 Å². The average molecular weight is 452 g/mol. The van der Waals surface area contributed by atoms with Gasteiger partial charge in [0.1, 0.15) is 0 Å². The molecule has 1 aromatic heterocycles. The summed E-state index contributed by atoms with van der Waals surface area (Å²) in [7, 11) is 1.92. The van der Waals surface area contributed by atoms with E-state index in [1.807, 2.05) is 35.2 Å². The molecule has 0 radical (unpaired) electrons. The Kier molecular flexibility index (Phi) is 6.32. The Morgan fingerprint density at radius 3 is 2.52 bits per heavy atom. The maximum atomic E-state index is 12.9. The summed E-state index contributed by atoms with van der Waals surface area (Å²) in [5.41, 5.74) is 3.01. The number of β-amino-alcohol motifs (C(OH)–C–C–N with tert-alkyl or cyclic N) is 1. The zero-order chi connectivity index (χ0) is 22.8. The number of aliphatic hydroxyl groups excluding tert-OH is 1. The first-order valence-electron chi connectivity index (χ1n) is 12.0. The molecule has 1 saturated heterocycles. The number of likely N-dealkylation sites (N-methyl/N-ethyl adjacent to an activating group) is 1. The first-order valence-corrected chi connectivity index (χ1v) is 12.0. The molecule has 1 saturated carbocycles. The molecule has 1 aliphatic carbocycles. The molecule has 5 rings (SSSR count). The van der Waals surface area contributed by atoms with Gasteiger partial charge in [-0.3, -0.25) is 14.6 Å². The van der Waals surface area contributed by atoms with E-state index in [0.29, 0.717) is 12.5 Å². The molecule has 3 aliphatic rings. The predicted octanol–water partition coefficient (Wildman–Crippen LogP) is 2.06. The number of piperazine rings is 1. The molecule has 1 amide bonds. The van der Waals surface area contributed by atoms with Crippen molar-refractivity contribution in [2.75, 3.05) is 72.9 Å². The minimum atomic E-state index is 0.116. The van der Waals surface area contributed by atoms with Crippen LogP contribution in [0.15, 0.2) is 30.5 Å². The molecule has 1 aromatic carbocycles. The van der Waals surface area contributed by atoms with Gasteiger partial charge in [-0.05, 0) is 37.1 Å². The Morgan fingerprint density at radius 2 is 1.82 bits per heavy atom. The Bertz CT molecular complexity index is 969. The molecule has 9 nitrogen and oxygen atoms in total. The van der Waals surface area contributed by atoms with Gasteiger partial charge >= 0.3 is 0 Å². The second-order valence-corrected chi connectivity index (χ2v) is 9.18. The summed E-state index contributed by atoms with van der Waals surface area (Å²) < 4.78 is 0. The van der Waals surface area contributed by atoms with E-state index in [-0.39, 0.29) is 18.6 Å². The van der Waals surface area contributed by atoms with E-state index >= 15 is 0 Å². The fraction of sp³-hybridized carbons (Fsp3) is 0.542. The molecule has 9 heteroatoms. The molecule has 3 heterocycles. The lowest BCUT2D eigenvalue weighted by Crippen LogP contribution is -2.49. The van der Waals surface area contributed by atoms with E-state index in [4.69, 9.17) is 10.1 Å². The van der Waals surface area contributed by atoms with Gasteiger partial charge in [0.2, 0.25) is 11.9 Å². The number of fused-ring (bicyclic) bond motifs is 1. The number of nitrogens with zero attached hydrogens (tertiary/aromatic N) is 6. The van der Waals surface area contributed by atoms with Gasteiger partial charge in [0.05, 0.1) is 25.0 Å². The maximum absolute atomic E-state index is 12.9. The van der Waals surface area contributed by atoms with E-state index in [0.717, 1.165) is 62.8 Å². The summed E-state index contributed by atoms with van der Waals surface area (Å²) in [5, 5.41) is 12.4. The normalized spacial score (nSPS) is 19.8. The third-order valence-electron chi connectivity index (χ3n) is 7.00. The molecule has 0 atom stereocenters. The quantitative estimate of drug-likeness (QED) is 0.690. The number of anilines is 5. The second-order valence-electron chi connectivity index (χ2n) is 9.18. The zero-order valence-corrected chi connectivity index (χ0v) is 19.3. The first-order chi connectivity index (χ1) is 16.1. The van der Waals surface area contributed by atoms with Crippen LogP contribution >= 0.6 is 0 Å². The van der Waals surface area contributed by atoms with Gasteiger partial charge in [0.15, 0.2) is 5.82 Å². The molecular weight excluding hydrogens is 418 g/mol. The van der Waals surface area contributed by atoms with Crippen LogP contribution in [0.3, 0.4) is 0 Å². The van der Waals surface area contributed by atoms with Crippen molar-refractivity contribution in [3.05, 3.63) is 30.5 Å². The van der Waals surface area contributed by atoms with Crippen LogP contribution in [0.1, 0.15) is 25.7 Å². The van der Waals surface area contributed by atoms with E-state index < -0.39 is 0 Å². The maximum Gasteiger partial charge on any atom is 0.247 e. The Morgan fingerprint density at radius 1 is 1.09 bits per heavy atom. The van der Waals surface area contributed by atoms with Gasteiger partial charge in [-0.2, -0.15) is 4.98 Å². The lowest BCUT2D eigenvalue weighted by atomic mass is 10.1. The monoisotopic (exact) mass is 451 g/mol. The van der Waals surface area contributed by atoms with Crippen LogP contribution in [-0.4, -0.2) is 84.8 Å². The van der Waals surface area contributed by atoms with Crippen LogP contribution in [0.25, 0.3) is 0 Å². The highest BCUT2D eigenvalue weighted by atomic mass is 16.3. The van der Waals surface area contributed by atoms with Gasteiger partial charge in [-0.1, -0.05) is 12.8 Å². The number of aromatic nitrogens is 2. The molecule has 2 aromatic rings. The molecule has 0 unspecified atom stereocenters. The van der Waals surface area contributed by atoms with Gasteiger partial charge in [-0.25, -0.2) is 4.98 Å². The number of amides is 1. The number of benzene rings is 1. The molecule has 2 fully saturated rings. The number of carbonyl (C=O) groups is 1. The molecule has 33 heavy (non-hydrogen) atoms. The summed E-state index contributed by atoms with van der Waals surface area (Å²) in [5.74, 6) is 1.34. The van der Waals surface area contributed by atoms with Crippen molar-refractivity contribution in [2.24, 2.45) is 0 Å². The topological polar surface area (TPSA) is 88.1 Å². The number of rotatable bonds is 6. The fourth-order valence-corrected chi connectivity index (χ4v) is 5.15. The number of hydrogen-bond acceptors (Lipinski definition) is 8. The van der Waals surface area contributed by atoms with Crippen molar-refractivity contribution in [3.63, 3.8) is 0 Å². The van der Waals surface area contributed by atoms with Crippen molar-refractivity contribution in [1.82, 2.24) is 14.9 Å². The van der Waals surface area contributed by atoms with Crippen molar-refractivity contribution >= 4 is 34.7 Å². The zero-order valence-electron chi connectivity index (χ0n) is 19.3. The lowest BCUT2D eigenvalue weighted by Gasteiger charge is -2.37. The number of carbonyl (C=O) groups excluding carboxylic acids is 1. The number of hydrogen-bond donors (Lipinski definition) is 2.